The van der Waals surface area contributed by atoms with Crippen LogP contribution in [-0.2, 0) is 21.2 Å². The van der Waals surface area contributed by atoms with Gasteiger partial charge >= 0.3 is 0 Å². The zero-order valence-electron chi connectivity index (χ0n) is 20.7. The Morgan fingerprint density at radius 3 is 2.56 bits per heavy atom. The third-order valence-corrected chi connectivity index (χ3v) is 8.37. The first-order chi connectivity index (χ1) is 18.9. The van der Waals surface area contributed by atoms with E-state index in [1.54, 1.807) is 13.3 Å². The number of hydrogen-bond donors (Lipinski definition) is 3. The van der Waals surface area contributed by atoms with Crippen LogP contribution in [0, 0.1) is 11.3 Å². The zero-order valence-corrected chi connectivity index (χ0v) is 22.3. The molecule has 2 aromatic heterocycles. The third-order valence-electron chi connectivity index (χ3n) is 6.13. The summed E-state index contributed by atoms with van der Waals surface area (Å²) in [7, 11) is -2.49. The van der Waals surface area contributed by atoms with Crippen LogP contribution in [0.1, 0.15) is 11.1 Å². The monoisotopic (exact) mass is 557 g/mol. The van der Waals surface area contributed by atoms with E-state index in [1.807, 2.05) is 60.0 Å². The first-order valence-electron chi connectivity index (χ1n) is 11.8. The Morgan fingerprint density at radius 2 is 1.85 bits per heavy atom. The van der Waals surface area contributed by atoms with E-state index in [0.29, 0.717) is 16.4 Å². The molecule has 3 aromatic carbocycles. The van der Waals surface area contributed by atoms with Gasteiger partial charge in [-0.3, -0.25) is 4.79 Å². The maximum atomic E-state index is 13.5. The number of aromatic amines is 1. The molecule has 0 bridgehead atoms. The number of carbonyl (C=O) groups excluding carboxylic acids is 1. The van der Waals surface area contributed by atoms with Gasteiger partial charge in [-0.15, -0.1) is 11.3 Å². The maximum Gasteiger partial charge on any atom is 0.244 e. The summed E-state index contributed by atoms with van der Waals surface area (Å²) >= 11 is 1.24. The van der Waals surface area contributed by atoms with Crippen molar-refractivity contribution in [2.75, 3.05) is 12.4 Å². The van der Waals surface area contributed by atoms with E-state index in [4.69, 9.17) is 10.00 Å². The summed E-state index contributed by atoms with van der Waals surface area (Å²) in [4.78, 5) is 21.1. The number of nitriles is 1. The molecule has 9 nitrogen and oxygen atoms in total. The van der Waals surface area contributed by atoms with Crippen molar-refractivity contribution in [3.8, 4) is 23.1 Å². The molecule has 5 aromatic rings. The number of aromatic nitrogens is 2. The van der Waals surface area contributed by atoms with Crippen molar-refractivity contribution in [1.82, 2.24) is 14.7 Å². The van der Waals surface area contributed by atoms with Gasteiger partial charge < -0.3 is 15.0 Å². The minimum absolute atomic E-state index is 0.0470. The number of sulfonamides is 1. The molecular weight excluding hydrogens is 534 g/mol. The van der Waals surface area contributed by atoms with Crippen molar-refractivity contribution in [1.29, 1.82) is 5.26 Å². The Bertz CT molecular complexity index is 1770. The van der Waals surface area contributed by atoms with E-state index in [0.717, 1.165) is 27.8 Å². The number of carbonyl (C=O) groups is 1. The molecule has 1 unspecified atom stereocenters. The molecule has 0 saturated heterocycles. The molecule has 11 heteroatoms. The Labute approximate surface area is 229 Å². The van der Waals surface area contributed by atoms with Crippen molar-refractivity contribution in [2.45, 2.75) is 17.4 Å². The van der Waals surface area contributed by atoms with Crippen LogP contribution in [0.2, 0.25) is 0 Å². The number of rotatable bonds is 9. The van der Waals surface area contributed by atoms with Crippen molar-refractivity contribution in [3.63, 3.8) is 0 Å². The topological polar surface area (TPSA) is 137 Å². The average molecular weight is 558 g/mol. The van der Waals surface area contributed by atoms with Gasteiger partial charge in [-0.1, -0.05) is 18.2 Å². The fraction of sp³-hybridized carbons (Fsp3) is 0.107. The highest BCUT2D eigenvalue weighted by molar-refractivity contribution is 7.89. The number of ether oxygens (including phenoxy) is 1. The molecule has 3 N–H and O–H groups in total. The largest absolute Gasteiger partial charge is 0.497 e. The van der Waals surface area contributed by atoms with Gasteiger partial charge in [0, 0.05) is 28.0 Å². The van der Waals surface area contributed by atoms with Gasteiger partial charge in [-0.2, -0.15) is 9.98 Å². The lowest BCUT2D eigenvalue weighted by Crippen LogP contribution is -2.45. The highest BCUT2D eigenvalue weighted by Crippen LogP contribution is 2.27. The van der Waals surface area contributed by atoms with Crippen LogP contribution < -0.4 is 14.8 Å². The smallest absolute Gasteiger partial charge is 0.244 e. The second kappa shape index (κ2) is 11.1. The number of nitrogens with one attached hydrogen (secondary N) is 3. The number of fused-ring (bicyclic) bond motifs is 1. The number of para-hydroxylation sites is 1. The summed E-state index contributed by atoms with van der Waals surface area (Å²) in [5.41, 5.74) is 3.52. The van der Waals surface area contributed by atoms with Gasteiger partial charge in [-0.05, 0) is 66.6 Å². The van der Waals surface area contributed by atoms with Gasteiger partial charge in [0.25, 0.3) is 0 Å². The van der Waals surface area contributed by atoms with Crippen LogP contribution in [-0.4, -0.2) is 37.4 Å². The van der Waals surface area contributed by atoms with Crippen LogP contribution in [0.4, 0.5) is 5.13 Å². The van der Waals surface area contributed by atoms with Crippen molar-refractivity contribution >= 4 is 43.3 Å². The van der Waals surface area contributed by atoms with E-state index in [9.17, 15) is 13.2 Å². The molecule has 0 saturated carbocycles. The minimum Gasteiger partial charge on any atom is -0.497 e. The third kappa shape index (κ3) is 5.83. The normalized spacial score (nSPS) is 12.1. The summed E-state index contributed by atoms with van der Waals surface area (Å²) < 4.78 is 34.2. The number of amides is 1. The van der Waals surface area contributed by atoms with E-state index in [2.05, 4.69) is 20.0 Å². The first-order valence-corrected chi connectivity index (χ1v) is 14.2. The van der Waals surface area contributed by atoms with Crippen LogP contribution >= 0.6 is 11.3 Å². The zero-order chi connectivity index (χ0) is 27.4. The quantitative estimate of drug-likeness (QED) is 0.240. The highest BCUT2D eigenvalue weighted by Gasteiger charge is 2.28. The Kier molecular flexibility index (Phi) is 7.42. The molecule has 39 heavy (non-hydrogen) atoms. The lowest BCUT2D eigenvalue weighted by atomic mass is 10.1. The molecule has 0 aliphatic heterocycles. The van der Waals surface area contributed by atoms with Crippen molar-refractivity contribution < 1.29 is 17.9 Å². The van der Waals surface area contributed by atoms with Crippen LogP contribution in [0.15, 0.2) is 89.3 Å². The number of methoxy groups -OCH3 is 1. The minimum atomic E-state index is -4.08. The molecule has 1 atom stereocenters. The Hall–Kier alpha value is -4.50. The van der Waals surface area contributed by atoms with Gasteiger partial charge in [0.1, 0.15) is 11.8 Å². The van der Waals surface area contributed by atoms with Gasteiger partial charge in [0.05, 0.1) is 29.3 Å². The SMILES string of the molecule is COc1ccc(-c2csc(NC(=O)C(Cc3c[nH]c4ccccc34)NS(=O)(=O)c3ccc(C#N)cc3)n2)cc1. The number of thiazole rings is 1. The van der Waals surface area contributed by atoms with Crippen LogP contribution in [0.25, 0.3) is 22.2 Å². The average Bonchev–Trinajstić information content (AvgIpc) is 3.60. The molecule has 1 amide bonds. The molecular formula is C28H23N5O4S2. The molecule has 0 aliphatic rings. The van der Waals surface area contributed by atoms with Gasteiger partial charge in [-0.25, -0.2) is 13.4 Å². The molecule has 2 heterocycles. The summed E-state index contributed by atoms with van der Waals surface area (Å²) in [5, 5.41) is 14.9. The fourth-order valence-electron chi connectivity index (χ4n) is 4.09. The van der Waals surface area contributed by atoms with Crippen molar-refractivity contribution in [3.05, 3.63) is 95.5 Å². The van der Waals surface area contributed by atoms with Crippen LogP contribution in [0.5, 0.6) is 5.75 Å². The standard InChI is InChI=1S/C28H23N5O4S2/c1-37-21-10-8-19(9-11-21)26-17-38-28(31-26)32-27(34)25(14-20-16-30-24-5-3-2-4-23(20)24)33-39(35,36)22-12-6-18(15-29)7-13-22/h2-13,16-17,25,30,33H,14H2,1H3,(H,31,32,34). The predicted octanol–water partition coefficient (Wildman–Crippen LogP) is 4.70. The maximum absolute atomic E-state index is 13.5. The molecule has 5 rings (SSSR count). The summed E-state index contributed by atoms with van der Waals surface area (Å²) in [6.07, 6.45) is 1.87. The Morgan fingerprint density at radius 1 is 1.10 bits per heavy atom. The van der Waals surface area contributed by atoms with E-state index >= 15 is 0 Å². The molecule has 0 fully saturated rings. The number of benzene rings is 3. The summed E-state index contributed by atoms with van der Waals surface area (Å²) in [5.74, 6) is 0.172. The lowest BCUT2D eigenvalue weighted by Gasteiger charge is -2.18. The fourth-order valence-corrected chi connectivity index (χ4v) is 6.01. The summed E-state index contributed by atoms with van der Waals surface area (Å²) in [6.45, 7) is 0. The number of anilines is 1. The molecule has 0 aliphatic carbocycles. The lowest BCUT2D eigenvalue weighted by molar-refractivity contribution is -0.117. The summed E-state index contributed by atoms with van der Waals surface area (Å²) in [6, 6.07) is 21.3. The first kappa shape index (κ1) is 26.1. The van der Waals surface area contributed by atoms with Crippen LogP contribution in [0.3, 0.4) is 0 Å². The van der Waals surface area contributed by atoms with E-state index in [-0.39, 0.29) is 11.3 Å². The molecule has 0 spiro atoms. The number of nitrogens with zero attached hydrogens (tertiary/aromatic N) is 2. The second-order valence-electron chi connectivity index (χ2n) is 8.63. The van der Waals surface area contributed by atoms with Crippen molar-refractivity contribution in [2.24, 2.45) is 0 Å². The molecule has 196 valence electrons. The number of H-pyrrole nitrogens is 1. The highest BCUT2D eigenvalue weighted by atomic mass is 32.2. The van der Waals surface area contributed by atoms with Gasteiger partial charge in [0.15, 0.2) is 5.13 Å². The second-order valence-corrected chi connectivity index (χ2v) is 11.2. The molecule has 0 radical (unpaired) electrons. The Balaban J connectivity index is 1.41. The van der Waals surface area contributed by atoms with E-state index in [1.165, 1.54) is 35.6 Å². The van der Waals surface area contributed by atoms with Gasteiger partial charge in [0.2, 0.25) is 15.9 Å². The predicted molar refractivity (Wildman–Crippen MR) is 150 cm³/mol. The number of hydrogen-bond acceptors (Lipinski definition) is 7. The van der Waals surface area contributed by atoms with E-state index < -0.39 is 22.0 Å².